The van der Waals surface area contributed by atoms with Gasteiger partial charge < -0.3 is 33.9 Å². The Labute approximate surface area is 257 Å². The Morgan fingerprint density at radius 2 is 1.68 bits per heavy atom. The quantitative estimate of drug-likeness (QED) is 0.174. The number of methoxy groups -OCH3 is 3. The topological polar surface area (TPSA) is 167 Å². The minimum Gasteiger partial charge on any atom is -0.469 e. The number of benzene rings is 1. The van der Waals surface area contributed by atoms with Crippen LogP contribution in [-0.4, -0.2) is 88.0 Å². The Hall–Kier alpha value is -4.14. The fraction of sp³-hybridized carbons (Fsp3) is 0.533. The molecule has 14 nitrogen and oxygen atoms in total. The minimum atomic E-state index is -0.958. The van der Waals surface area contributed by atoms with E-state index in [1.165, 1.54) is 25.4 Å². The number of anilines is 1. The van der Waals surface area contributed by atoms with Crippen molar-refractivity contribution in [3.05, 3.63) is 48.5 Å². The first kappa shape index (κ1) is 36.1. The van der Waals surface area contributed by atoms with E-state index in [0.717, 1.165) is 5.56 Å². The van der Waals surface area contributed by atoms with Crippen LogP contribution in [0.4, 0.5) is 10.6 Å². The number of nitrogens with zero attached hydrogens (tertiary/aromatic N) is 5. The molecule has 0 aliphatic rings. The van der Waals surface area contributed by atoms with Crippen molar-refractivity contribution >= 4 is 35.0 Å². The molecule has 0 aliphatic carbocycles. The molecule has 1 aromatic carbocycles. The van der Waals surface area contributed by atoms with E-state index in [-0.39, 0.29) is 25.6 Å². The van der Waals surface area contributed by atoms with Gasteiger partial charge >= 0.3 is 12.1 Å². The van der Waals surface area contributed by atoms with Gasteiger partial charge in [-0.05, 0) is 46.6 Å². The lowest BCUT2D eigenvalue weighted by atomic mass is 10.2. The van der Waals surface area contributed by atoms with Gasteiger partial charge in [0.15, 0.2) is 22.8 Å². The first-order chi connectivity index (χ1) is 20.7. The first-order valence-corrected chi connectivity index (χ1v) is 14.0. The molecule has 0 aliphatic heterocycles. The predicted octanol–water partition coefficient (Wildman–Crippen LogP) is 3.21. The van der Waals surface area contributed by atoms with E-state index in [0.29, 0.717) is 29.9 Å². The van der Waals surface area contributed by atoms with Crippen molar-refractivity contribution in [3.63, 3.8) is 0 Å². The molecule has 0 bridgehead atoms. The lowest BCUT2D eigenvalue weighted by Gasteiger charge is -2.27. The summed E-state index contributed by atoms with van der Waals surface area (Å²) in [7, 11) is 4.23. The molecular formula is C30H44N6O8. The molecule has 242 valence electrons. The number of hydrogen-bond acceptors (Lipinski definition) is 11. The molecule has 0 spiro atoms. The summed E-state index contributed by atoms with van der Waals surface area (Å²) in [4.78, 5) is 51.1. The number of aliphatic hydroxyl groups is 1. The predicted molar refractivity (Wildman–Crippen MR) is 163 cm³/mol. The van der Waals surface area contributed by atoms with Crippen molar-refractivity contribution in [2.75, 3.05) is 32.8 Å². The van der Waals surface area contributed by atoms with Crippen LogP contribution in [0.3, 0.4) is 0 Å². The van der Waals surface area contributed by atoms with Crippen LogP contribution in [0, 0.1) is 0 Å². The van der Waals surface area contributed by atoms with Crippen LogP contribution >= 0.6 is 0 Å². The minimum absolute atomic E-state index is 0.225. The zero-order chi connectivity index (χ0) is 32.9. The van der Waals surface area contributed by atoms with Crippen LogP contribution in [0.25, 0.3) is 11.2 Å². The van der Waals surface area contributed by atoms with Crippen molar-refractivity contribution in [2.24, 2.45) is 0 Å². The number of aromatic nitrogens is 4. The van der Waals surface area contributed by atoms with Crippen molar-refractivity contribution in [3.8, 4) is 0 Å². The molecule has 1 atom stereocenters. The maximum atomic E-state index is 13.2. The van der Waals surface area contributed by atoms with E-state index in [2.05, 4.69) is 29.7 Å². The summed E-state index contributed by atoms with van der Waals surface area (Å²) in [5.41, 5.74) is 1.21. The monoisotopic (exact) mass is 616 g/mol. The fourth-order valence-electron chi connectivity index (χ4n) is 3.62. The molecule has 3 rings (SSSR count). The number of aryl methyl sites for hydroxylation is 1. The summed E-state index contributed by atoms with van der Waals surface area (Å²) in [5.74, 6) is -1.67. The maximum absolute atomic E-state index is 13.2. The van der Waals surface area contributed by atoms with Gasteiger partial charge in [-0.25, -0.2) is 19.7 Å². The fourth-order valence-corrected chi connectivity index (χ4v) is 3.62. The van der Waals surface area contributed by atoms with E-state index in [1.807, 2.05) is 34.9 Å². The molecule has 44 heavy (non-hydrogen) atoms. The van der Waals surface area contributed by atoms with Gasteiger partial charge in [0.25, 0.3) is 0 Å². The molecular weight excluding hydrogens is 572 g/mol. The standard InChI is InChI=1S/C26H34N6O6.C4H10O2/c1-26(2,3)38-25(35)32(15-18-9-7-6-8-10-18)24-22-23(28-16-29-24)31(17-30-22)12-11-19(36-4)14-27-20(33)13-21(34)37-5;1-4(2,5)6-3/h6-10,16-17,19H,11-15H2,1-5H3,(H,27,33);5H,1-3H3. The number of nitrogens with one attached hydrogen (secondary N) is 1. The summed E-state index contributed by atoms with van der Waals surface area (Å²) in [6.45, 7) is 9.51. The van der Waals surface area contributed by atoms with Crippen LogP contribution in [0.5, 0.6) is 0 Å². The smallest absolute Gasteiger partial charge is 0.416 e. The van der Waals surface area contributed by atoms with Crippen molar-refractivity contribution < 1.29 is 38.4 Å². The van der Waals surface area contributed by atoms with Crippen LogP contribution < -0.4 is 10.2 Å². The van der Waals surface area contributed by atoms with Crippen LogP contribution in [0.1, 0.15) is 53.0 Å². The number of rotatable bonds is 12. The van der Waals surface area contributed by atoms with Gasteiger partial charge in [0.05, 0.1) is 26.1 Å². The lowest BCUT2D eigenvalue weighted by molar-refractivity contribution is -0.155. The molecule has 2 amide bonds. The Balaban J connectivity index is 0.00000102. The summed E-state index contributed by atoms with van der Waals surface area (Å²) in [6, 6.07) is 9.55. The number of carbonyl (C=O) groups is 3. The number of carbonyl (C=O) groups excluding carboxylic acids is 3. The molecule has 0 fully saturated rings. The van der Waals surface area contributed by atoms with E-state index in [4.69, 9.17) is 14.6 Å². The van der Waals surface area contributed by atoms with Crippen LogP contribution in [-0.2, 0) is 41.6 Å². The number of ether oxygens (including phenoxy) is 4. The average molecular weight is 617 g/mol. The second kappa shape index (κ2) is 16.6. The molecule has 1 unspecified atom stereocenters. The third-order valence-corrected chi connectivity index (χ3v) is 6.02. The Morgan fingerprint density at radius 3 is 2.25 bits per heavy atom. The van der Waals surface area contributed by atoms with Gasteiger partial charge in [-0.1, -0.05) is 30.3 Å². The summed E-state index contributed by atoms with van der Waals surface area (Å²) in [6.07, 6.45) is 2.33. The number of hydrogen-bond donors (Lipinski definition) is 2. The molecule has 3 aromatic rings. The number of esters is 1. The van der Waals surface area contributed by atoms with Gasteiger partial charge in [0, 0.05) is 27.3 Å². The summed E-state index contributed by atoms with van der Waals surface area (Å²) < 4.78 is 22.0. The molecule has 2 aromatic heterocycles. The molecule has 2 N–H and O–H groups in total. The number of imidazole rings is 1. The average Bonchev–Trinajstić information content (AvgIpc) is 3.39. The van der Waals surface area contributed by atoms with Crippen LogP contribution in [0.15, 0.2) is 43.0 Å². The van der Waals surface area contributed by atoms with Crippen molar-refractivity contribution in [1.82, 2.24) is 24.8 Å². The molecule has 0 saturated heterocycles. The highest BCUT2D eigenvalue weighted by Gasteiger charge is 2.27. The van der Waals surface area contributed by atoms with Crippen LogP contribution in [0.2, 0.25) is 0 Å². The van der Waals surface area contributed by atoms with E-state index in [9.17, 15) is 14.4 Å². The van der Waals surface area contributed by atoms with Crippen molar-refractivity contribution in [2.45, 2.75) is 78.0 Å². The van der Waals surface area contributed by atoms with Gasteiger partial charge in [0.1, 0.15) is 18.3 Å². The molecule has 0 saturated carbocycles. The van der Waals surface area contributed by atoms with E-state index < -0.39 is 29.4 Å². The number of fused-ring (bicyclic) bond motifs is 1. The van der Waals surface area contributed by atoms with Gasteiger partial charge in [-0.15, -0.1) is 0 Å². The second-order valence-electron chi connectivity index (χ2n) is 11.2. The Kier molecular flexibility index (Phi) is 13.6. The zero-order valence-corrected chi connectivity index (χ0v) is 26.7. The van der Waals surface area contributed by atoms with E-state index >= 15 is 0 Å². The first-order valence-electron chi connectivity index (χ1n) is 14.0. The number of amides is 2. The largest absolute Gasteiger partial charge is 0.469 e. The Bertz CT molecular complexity index is 1350. The SMILES string of the molecule is COC(=O)CC(=O)NCC(CCn1cnc2c(N(Cc3ccccc3)C(=O)OC(C)(C)C)ncnc21)OC.COC(C)(C)O. The second-order valence-corrected chi connectivity index (χ2v) is 11.2. The summed E-state index contributed by atoms with van der Waals surface area (Å²) in [5, 5.41) is 11.3. The van der Waals surface area contributed by atoms with Gasteiger partial charge in [-0.3, -0.25) is 14.5 Å². The molecule has 14 heteroatoms. The summed E-state index contributed by atoms with van der Waals surface area (Å²) >= 11 is 0. The van der Waals surface area contributed by atoms with Gasteiger partial charge in [0.2, 0.25) is 5.91 Å². The Morgan fingerprint density at radius 1 is 1.02 bits per heavy atom. The normalized spacial score (nSPS) is 12.1. The maximum Gasteiger partial charge on any atom is 0.416 e. The highest BCUT2D eigenvalue weighted by atomic mass is 16.6. The highest BCUT2D eigenvalue weighted by Crippen LogP contribution is 2.25. The third-order valence-electron chi connectivity index (χ3n) is 6.02. The van der Waals surface area contributed by atoms with Crippen molar-refractivity contribution in [1.29, 1.82) is 0 Å². The zero-order valence-electron chi connectivity index (χ0n) is 26.7. The highest BCUT2D eigenvalue weighted by molar-refractivity contribution is 5.95. The molecule has 0 radical (unpaired) electrons. The van der Waals surface area contributed by atoms with Gasteiger partial charge in [-0.2, -0.15) is 0 Å². The van der Waals surface area contributed by atoms with E-state index in [1.54, 1.807) is 48.1 Å². The molecule has 2 heterocycles. The third kappa shape index (κ3) is 12.2. The lowest BCUT2D eigenvalue weighted by Crippen LogP contribution is -2.37.